The molecule has 1 aromatic rings. The van der Waals surface area contributed by atoms with Crippen LogP contribution >= 0.6 is 11.6 Å². The summed E-state index contributed by atoms with van der Waals surface area (Å²) >= 11 is 6.72. The number of nitrogens with one attached hydrogen (secondary N) is 1. The number of nitrogens with zero attached hydrogens (tertiary/aromatic N) is 1. The molecule has 3 rings (SSSR count). The number of ether oxygens (including phenoxy) is 1. The molecule has 1 saturated carbocycles. The summed E-state index contributed by atoms with van der Waals surface area (Å²) in [5.41, 5.74) is 2.73. The highest BCUT2D eigenvalue weighted by Gasteiger charge is 2.47. The van der Waals surface area contributed by atoms with Crippen molar-refractivity contribution in [2.24, 2.45) is 11.3 Å². The average Bonchev–Trinajstić information content (AvgIpc) is 2.71. The summed E-state index contributed by atoms with van der Waals surface area (Å²) in [6.07, 6.45) is 6.37. The lowest BCUT2D eigenvalue weighted by molar-refractivity contribution is -0.137. The van der Waals surface area contributed by atoms with E-state index in [4.69, 9.17) is 21.4 Å². The normalized spacial score (nSPS) is 23.4. The van der Waals surface area contributed by atoms with Crippen LogP contribution in [0, 0.1) is 11.3 Å². The van der Waals surface area contributed by atoms with Crippen LogP contribution in [0.5, 0.6) is 0 Å². The SMILES string of the molecule is COCC1CCCC2(c3ccc(CCC(C)(C)C)c(Cl)c3)NC(=O)N(CCC(=O)O)C=C12. The van der Waals surface area contributed by atoms with Crippen molar-refractivity contribution < 1.29 is 19.4 Å². The quantitative estimate of drug-likeness (QED) is 0.546. The van der Waals surface area contributed by atoms with Crippen molar-refractivity contribution in [3.05, 3.63) is 46.1 Å². The second-order valence-electron chi connectivity index (χ2n) is 10.2. The lowest BCUT2D eigenvalue weighted by atomic mass is 9.67. The van der Waals surface area contributed by atoms with Crippen molar-refractivity contribution in [1.29, 1.82) is 0 Å². The Hall–Kier alpha value is -2.05. The molecule has 1 aromatic carbocycles. The van der Waals surface area contributed by atoms with Gasteiger partial charge in [-0.05, 0) is 60.3 Å². The number of halogens is 1. The second-order valence-corrected chi connectivity index (χ2v) is 10.6. The van der Waals surface area contributed by atoms with Crippen molar-refractivity contribution in [3.8, 4) is 0 Å². The third-order valence-corrected chi connectivity index (χ3v) is 6.89. The fourth-order valence-electron chi connectivity index (χ4n) is 4.76. The Morgan fingerprint density at radius 2 is 2.12 bits per heavy atom. The van der Waals surface area contributed by atoms with Gasteiger partial charge in [-0.1, -0.05) is 44.5 Å². The number of hydrogen-bond donors (Lipinski definition) is 2. The van der Waals surface area contributed by atoms with Crippen molar-refractivity contribution >= 4 is 23.6 Å². The van der Waals surface area contributed by atoms with Crippen LogP contribution in [0.2, 0.25) is 5.02 Å². The second kappa shape index (κ2) is 9.84. The molecule has 2 N–H and O–H groups in total. The number of urea groups is 1. The molecular formula is C25H35ClN2O4. The number of carbonyl (C=O) groups excluding carboxylic acids is 1. The van der Waals surface area contributed by atoms with E-state index in [-0.39, 0.29) is 30.3 Å². The summed E-state index contributed by atoms with van der Waals surface area (Å²) in [7, 11) is 1.68. The van der Waals surface area contributed by atoms with Crippen molar-refractivity contribution in [2.75, 3.05) is 20.3 Å². The summed E-state index contributed by atoms with van der Waals surface area (Å²) in [6.45, 7) is 7.34. The molecule has 0 bridgehead atoms. The molecule has 1 aliphatic carbocycles. The van der Waals surface area contributed by atoms with E-state index in [1.54, 1.807) is 7.11 Å². The van der Waals surface area contributed by atoms with E-state index < -0.39 is 11.5 Å². The fraction of sp³-hybridized carbons (Fsp3) is 0.600. The minimum Gasteiger partial charge on any atom is -0.481 e. The topological polar surface area (TPSA) is 78.9 Å². The maximum Gasteiger partial charge on any atom is 0.322 e. The van der Waals surface area contributed by atoms with Crippen molar-refractivity contribution in [3.63, 3.8) is 0 Å². The molecule has 7 heteroatoms. The Labute approximate surface area is 196 Å². The van der Waals surface area contributed by atoms with Gasteiger partial charge in [0, 0.05) is 30.8 Å². The van der Waals surface area contributed by atoms with Gasteiger partial charge >= 0.3 is 12.0 Å². The standard InChI is InChI=1S/C25H35ClN2O4/c1-24(2,3)12-9-17-7-8-19(14-21(17)26)25-11-5-6-18(16-32-4)20(25)15-28(23(31)27-25)13-10-22(29)30/h7-8,14-15,18H,5-6,9-13,16H2,1-4H3,(H,27,31)(H,29,30). The van der Waals surface area contributed by atoms with E-state index in [9.17, 15) is 9.59 Å². The third kappa shape index (κ3) is 5.46. The van der Waals surface area contributed by atoms with Crippen LogP contribution in [0.3, 0.4) is 0 Å². The number of benzene rings is 1. The van der Waals surface area contributed by atoms with E-state index in [1.165, 1.54) is 4.90 Å². The van der Waals surface area contributed by atoms with Crippen molar-refractivity contribution in [1.82, 2.24) is 10.2 Å². The Morgan fingerprint density at radius 3 is 2.75 bits per heavy atom. The van der Waals surface area contributed by atoms with Crippen molar-refractivity contribution in [2.45, 2.75) is 64.8 Å². The maximum atomic E-state index is 13.0. The first-order chi connectivity index (χ1) is 15.1. The van der Waals surface area contributed by atoms with E-state index >= 15 is 0 Å². The van der Waals surface area contributed by atoms with Gasteiger partial charge in [-0.3, -0.25) is 4.79 Å². The Kier molecular flexibility index (Phi) is 7.56. The molecule has 176 valence electrons. The summed E-state index contributed by atoms with van der Waals surface area (Å²) in [5.74, 6) is -0.788. The van der Waals surface area contributed by atoms with Gasteiger partial charge in [0.2, 0.25) is 0 Å². The number of rotatable bonds is 8. The van der Waals surface area contributed by atoms with Gasteiger partial charge in [-0.15, -0.1) is 0 Å². The molecule has 2 aliphatic rings. The molecule has 0 spiro atoms. The average molecular weight is 463 g/mol. The van der Waals surface area contributed by atoms with Crippen LogP contribution in [0.15, 0.2) is 30.0 Å². The predicted molar refractivity (Wildman–Crippen MR) is 126 cm³/mol. The Balaban J connectivity index is 1.98. The minimum atomic E-state index is -0.928. The van der Waals surface area contributed by atoms with E-state index in [2.05, 4.69) is 38.2 Å². The molecule has 2 unspecified atom stereocenters. The molecular weight excluding hydrogens is 428 g/mol. The van der Waals surface area contributed by atoms with Gasteiger partial charge in [0.15, 0.2) is 0 Å². The van der Waals surface area contributed by atoms with Crippen LogP contribution in [0.1, 0.15) is 64.0 Å². The molecule has 1 aliphatic heterocycles. The summed E-state index contributed by atoms with van der Waals surface area (Å²) in [4.78, 5) is 25.5. The molecule has 0 saturated heterocycles. The van der Waals surface area contributed by atoms with E-state index in [0.717, 1.165) is 53.8 Å². The number of carboxylic acid groups (broad SMARTS) is 1. The zero-order valence-corrected chi connectivity index (χ0v) is 20.3. The highest BCUT2D eigenvalue weighted by Crippen LogP contribution is 2.47. The van der Waals surface area contributed by atoms with Gasteiger partial charge in [0.1, 0.15) is 0 Å². The lowest BCUT2D eigenvalue weighted by Gasteiger charge is -2.48. The monoisotopic (exact) mass is 462 g/mol. The third-order valence-electron chi connectivity index (χ3n) is 6.54. The van der Waals surface area contributed by atoms with Gasteiger partial charge in [-0.25, -0.2) is 4.79 Å². The van der Waals surface area contributed by atoms with Crippen LogP contribution in [0.25, 0.3) is 0 Å². The number of hydrogen-bond acceptors (Lipinski definition) is 3. The van der Waals surface area contributed by atoms with Crippen LogP contribution in [0.4, 0.5) is 4.79 Å². The number of carboxylic acids is 1. The molecule has 2 atom stereocenters. The highest BCUT2D eigenvalue weighted by molar-refractivity contribution is 6.31. The first kappa shape index (κ1) is 24.6. The zero-order valence-electron chi connectivity index (χ0n) is 19.5. The van der Waals surface area contributed by atoms with Gasteiger partial charge in [-0.2, -0.15) is 0 Å². The van der Waals surface area contributed by atoms with Crippen LogP contribution < -0.4 is 5.32 Å². The Bertz CT molecular complexity index is 890. The highest BCUT2D eigenvalue weighted by atomic mass is 35.5. The predicted octanol–water partition coefficient (Wildman–Crippen LogP) is 5.34. The molecule has 0 radical (unpaired) electrons. The summed E-state index contributed by atoms with van der Waals surface area (Å²) in [6, 6.07) is 5.88. The largest absolute Gasteiger partial charge is 0.481 e. The molecule has 6 nitrogen and oxygen atoms in total. The summed E-state index contributed by atoms with van der Waals surface area (Å²) in [5, 5.41) is 13.0. The number of aryl methyl sites for hydroxylation is 1. The first-order valence-electron chi connectivity index (χ1n) is 11.4. The molecule has 0 aromatic heterocycles. The molecule has 1 fully saturated rings. The number of fused-ring (bicyclic) bond motifs is 1. The van der Waals surface area contributed by atoms with Crippen LogP contribution in [-0.2, 0) is 21.5 Å². The van der Waals surface area contributed by atoms with Gasteiger partial charge < -0.3 is 20.1 Å². The lowest BCUT2D eigenvalue weighted by Crippen LogP contribution is -2.58. The summed E-state index contributed by atoms with van der Waals surface area (Å²) < 4.78 is 5.49. The number of amides is 2. The maximum absolute atomic E-state index is 13.0. The molecule has 32 heavy (non-hydrogen) atoms. The van der Waals surface area contributed by atoms with E-state index in [1.807, 2.05) is 12.3 Å². The van der Waals surface area contributed by atoms with Crippen LogP contribution in [-0.4, -0.2) is 42.3 Å². The number of carbonyl (C=O) groups is 2. The van der Waals surface area contributed by atoms with Gasteiger partial charge in [0.05, 0.1) is 18.6 Å². The minimum absolute atomic E-state index is 0.104. The van der Waals surface area contributed by atoms with E-state index in [0.29, 0.717) is 6.61 Å². The first-order valence-corrected chi connectivity index (χ1v) is 11.7. The fourth-order valence-corrected chi connectivity index (χ4v) is 5.03. The van der Waals surface area contributed by atoms with Gasteiger partial charge in [0.25, 0.3) is 0 Å². The molecule has 1 heterocycles. The Morgan fingerprint density at radius 1 is 1.38 bits per heavy atom. The zero-order chi connectivity index (χ0) is 23.5. The number of methoxy groups -OCH3 is 1. The smallest absolute Gasteiger partial charge is 0.322 e. The number of aliphatic carboxylic acids is 1. The molecule has 2 amide bonds.